The third kappa shape index (κ3) is 3.51. The largest absolute Gasteiger partial charge is 0.326 e. The van der Waals surface area contributed by atoms with Crippen LogP contribution in [0.25, 0.3) is 11.4 Å². The van der Waals surface area contributed by atoms with E-state index in [4.69, 9.17) is 0 Å². The Balaban J connectivity index is 1.62. The molecule has 3 aromatic rings. The van der Waals surface area contributed by atoms with Gasteiger partial charge in [-0.25, -0.2) is 0 Å². The van der Waals surface area contributed by atoms with Gasteiger partial charge in [0.25, 0.3) is 0 Å². The van der Waals surface area contributed by atoms with Crippen LogP contribution in [0.3, 0.4) is 0 Å². The molecule has 1 amide bonds. The predicted octanol–water partition coefficient (Wildman–Crippen LogP) is 2.50. The van der Waals surface area contributed by atoms with E-state index in [0.717, 1.165) is 17.7 Å². The highest BCUT2D eigenvalue weighted by atomic mass is 32.1. The van der Waals surface area contributed by atoms with Crippen molar-refractivity contribution in [3.63, 3.8) is 0 Å². The minimum Gasteiger partial charge on any atom is -0.326 e. The van der Waals surface area contributed by atoms with Crippen molar-refractivity contribution in [3.05, 3.63) is 46.7 Å². The van der Waals surface area contributed by atoms with E-state index in [1.165, 1.54) is 5.56 Å². The molecule has 0 atom stereocenters. The van der Waals surface area contributed by atoms with Crippen LogP contribution in [0.15, 0.2) is 41.1 Å². The second-order valence-electron chi connectivity index (χ2n) is 4.50. The molecule has 3 rings (SSSR count). The second kappa shape index (κ2) is 6.27. The molecule has 0 saturated carbocycles. The Morgan fingerprint density at radius 1 is 1.33 bits per heavy atom. The van der Waals surface area contributed by atoms with Crippen LogP contribution in [0, 0.1) is 0 Å². The molecule has 0 bridgehead atoms. The highest BCUT2D eigenvalue weighted by Crippen LogP contribution is 2.18. The molecule has 0 spiro atoms. The fraction of sp³-hybridized carbons (Fsp3) is 0.143. The van der Waals surface area contributed by atoms with Gasteiger partial charge in [0.2, 0.25) is 11.7 Å². The average molecular weight is 299 g/mol. The van der Waals surface area contributed by atoms with Crippen molar-refractivity contribution >= 4 is 22.9 Å². The van der Waals surface area contributed by atoms with Gasteiger partial charge in [-0.2, -0.15) is 16.6 Å². The standard InChI is InChI=1S/C14H13N5OS/c20-13(5-4-10-6-7-21-9-10)15-12-3-1-2-11(8-12)14-16-18-19-17-14/h1-3,6-9H,4-5H2,(H,15,20)(H,16,17,18,19). The summed E-state index contributed by atoms with van der Waals surface area (Å²) < 4.78 is 0. The summed E-state index contributed by atoms with van der Waals surface area (Å²) in [6, 6.07) is 9.42. The summed E-state index contributed by atoms with van der Waals surface area (Å²) in [6.45, 7) is 0. The lowest BCUT2D eigenvalue weighted by Crippen LogP contribution is -2.12. The lowest BCUT2D eigenvalue weighted by atomic mass is 10.1. The number of hydrogen-bond donors (Lipinski definition) is 2. The molecular formula is C14H13N5OS. The predicted molar refractivity (Wildman–Crippen MR) is 80.9 cm³/mol. The summed E-state index contributed by atoms with van der Waals surface area (Å²) in [5.41, 5.74) is 2.72. The first-order valence-corrected chi connectivity index (χ1v) is 7.40. The first-order valence-electron chi connectivity index (χ1n) is 6.46. The monoisotopic (exact) mass is 299 g/mol. The molecule has 0 unspecified atom stereocenters. The number of carbonyl (C=O) groups is 1. The van der Waals surface area contributed by atoms with Crippen LogP contribution < -0.4 is 5.32 Å². The Kier molecular flexibility index (Phi) is 4.02. The molecule has 0 aliphatic heterocycles. The van der Waals surface area contributed by atoms with Crippen molar-refractivity contribution in [3.8, 4) is 11.4 Å². The Morgan fingerprint density at radius 3 is 3.05 bits per heavy atom. The minimum atomic E-state index is -0.00791. The van der Waals surface area contributed by atoms with Crippen LogP contribution >= 0.6 is 11.3 Å². The number of nitrogens with zero attached hydrogens (tertiary/aromatic N) is 3. The number of hydrogen-bond acceptors (Lipinski definition) is 5. The van der Waals surface area contributed by atoms with Gasteiger partial charge < -0.3 is 5.32 Å². The molecule has 6 nitrogen and oxygen atoms in total. The maximum absolute atomic E-state index is 11.9. The van der Waals surface area contributed by atoms with Gasteiger partial charge in [0.15, 0.2) is 0 Å². The SMILES string of the molecule is O=C(CCc1ccsc1)Nc1cccc(-c2nn[nH]n2)c1. The van der Waals surface area contributed by atoms with Crippen LogP contribution in [-0.2, 0) is 11.2 Å². The van der Waals surface area contributed by atoms with Crippen molar-refractivity contribution in [2.24, 2.45) is 0 Å². The fourth-order valence-electron chi connectivity index (χ4n) is 1.94. The van der Waals surface area contributed by atoms with Crippen molar-refractivity contribution in [1.29, 1.82) is 0 Å². The molecule has 106 valence electrons. The molecule has 7 heteroatoms. The zero-order valence-electron chi connectivity index (χ0n) is 11.1. The summed E-state index contributed by atoms with van der Waals surface area (Å²) in [6.07, 6.45) is 1.21. The maximum atomic E-state index is 11.9. The number of benzene rings is 1. The van der Waals surface area contributed by atoms with E-state index >= 15 is 0 Å². The molecule has 0 saturated heterocycles. The number of nitrogens with one attached hydrogen (secondary N) is 2. The third-order valence-electron chi connectivity index (χ3n) is 2.97. The number of H-pyrrole nitrogens is 1. The number of thiophene rings is 1. The lowest BCUT2D eigenvalue weighted by Gasteiger charge is -2.05. The number of anilines is 1. The normalized spacial score (nSPS) is 10.5. The second-order valence-corrected chi connectivity index (χ2v) is 5.28. The molecule has 2 heterocycles. The highest BCUT2D eigenvalue weighted by Gasteiger charge is 2.06. The minimum absolute atomic E-state index is 0.00791. The summed E-state index contributed by atoms with van der Waals surface area (Å²) in [4.78, 5) is 11.9. The quantitative estimate of drug-likeness (QED) is 0.758. The maximum Gasteiger partial charge on any atom is 0.224 e. The van der Waals surface area contributed by atoms with Crippen LogP contribution in [0.2, 0.25) is 0 Å². The average Bonchev–Trinajstić information content (AvgIpc) is 3.19. The van der Waals surface area contributed by atoms with E-state index in [2.05, 4.69) is 31.3 Å². The number of amides is 1. The highest BCUT2D eigenvalue weighted by molar-refractivity contribution is 7.07. The first-order chi connectivity index (χ1) is 10.3. The molecule has 1 aromatic carbocycles. The molecule has 0 aliphatic rings. The topological polar surface area (TPSA) is 83.6 Å². The van der Waals surface area contributed by atoms with Gasteiger partial charge in [0, 0.05) is 17.7 Å². The third-order valence-corrected chi connectivity index (χ3v) is 3.70. The number of aromatic nitrogens is 4. The zero-order chi connectivity index (χ0) is 14.5. The van der Waals surface area contributed by atoms with Crippen LogP contribution in [0.4, 0.5) is 5.69 Å². The molecule has 2 N–H and O–H groups in total. The number of aromatic amines is 1. The van der Waals surface area contributed by atoms with Crippen molar-refractivity contribution < 1.29 is 4.79 Å². The van der Waals surface area contributed by atoms with Gasteiger partial charge >= 0.3 is 0 Å². The number of carbonyl (C=O) groups excluding carboxylic acids is 1. The van der Waals surface area contributed by atoms with E-state index < -0.39 is 0 Å². The van der Waals surface area contributed by atoms with Crippen LogP contribution in [0.5, 0.6) is 0 Å². The van der Waals surface area contributed by atoms with Gasteiger partial charge in [0.1, 0.15) is 0 Å². The van der Waals surface area contributed by atoms with Gasteiger partial charge in [-0.1, -0.05) is 12.1 Å². The Morgan fingerprint density at radius 2 is 2.29 bits per heavy atom. The van der Waals surface area contributed by atoms with Gasteiger partial charge in [-0.3, -0.25) is 4.79 Å². The molecule has 0 aliphatic carbocycles. The summed E-state index contributed by atoms with van der Waals surface area (Å²) >= 11 is 1.64. The van der Waals surface area contributed by atoms with E-state index in [1.54, 1.807) is 11.3 Å². The summed E-state index contributed by atoms with van der Waals surface area (Å²) in [5, 5.41) is 20.7. The van der Waals surface area contributed by atoms with Crippen molar-refractivity contribution in [2.75, 3.05) is 5.32 Å². The van der Waals surface area contributed by atoms with Crippen LogP contribution in [-0.4, -0.2) is 26.5 Å². The Hall–Kier alpha value is -2.54. The molecule has 0 fully saturated rings. The summed E-state index contributed by atoms with van der Waals surface area (Å²) in [5.74, 6) is 0.496. The molecule has 0 radical (unpaired) electrons. The number of tetrazole rings is 1. The zero-order valence-corrected chi connectivity index (χ0v) is 11.9. The fourth-order valence-corrected chi connectivity index (χ4v) is 2.64. The van der Waals surface area contributed by atoms with E-state index in [-0.39, 0.29) is 5.91 Å². The Bertz CT molecular complexity index is 709. The molecular weight excluding hydrogens is 286 g/mol. The van der Waals surface area contributed by atoms with Crippen molar-refractivity contribution in [1.82, 2.24) is 20.6 Å². The summed E-state index contributed by atoms with van der Waals surface area (Å²) in [7, 11) is 0. The van der Waals surface area contributed by atoms with Crippen LogP contribution in [0.1, 0.15) is 12.0 Å². The molecule has 2 aromatic heterocycles. The van der Waals surface area contributed by atoms with Gasteiger partial charge in [0.05, 0.1) is 0 Å². The van der Waals surface area contributed by atoms with E-state index in [9.17, 15) is 4.79 Å². The van der Waals surface area contributed by atoms with Crippen molar-refractivity contribution in [2.45, 2.75) is 12.8 Å². The number of aryl methyl sites for hydroxylation is 1. The van der Waals surface area contributed by atoms with E-state index in [1.807, 2.05) is 35.7 Å². The lowest BCUT2D eigenvalue weighted by molar-refractivity contribution is -0.116. The Labute approximate surface area is 125 Å². The first kappa shape index (κ1) is 13.4. The smallest absolute Gasteiger partial charge is 0.224 e. The molecule has 21 heavy (non-hydrogen) atoms. The van der Waals surface area contributed by atoms with Gasteiger partial charge in [-0.05, 0) is 46.2 Å². The number of rotatable bonds is 5. The van der Waals surface area contributed by atoms with E-state index in [0.29, 0.717) is 12.2 Å². The van der Waals surface area contributed by atoms with Gasteiger partial charge in [-0.15, -0.1) is 10.2 Å².